The molecule has 0 bridgehead atoms. The van der Waals surface area contributed by atoms with E-state index in [0.29, 0.717) is 11.6 Å². The molecule has 1 fully saturated rings. The van der Waals surface area contributed by atoms with E-state index in [1.54, 1.807) is 6.08 Å². The Morgan fingerprint density at radius 3 is 2.56 bits per heavy atom. The van der Waals surface area contributed by atoms with E-state index in [2.05, 4.69) is 44.2 Å². The predicted molar refractivity (Wildman–Crippen MR) is 96.8 cm³/mol. The second-order valence-corrected chi connectivity index (χ2v) is 8.69. The van der Waals surface area contributed by atoms with Crippen LogP contribution >= 0.6 is 0 Å². The van der Waals surface area contributed by atoms with Crippen molar-refractivity contribution in [3.05, 3.63) is 40.9 Å². The molecule has 3 atom stereocenters. The van der Waals surface area contributed by atoms with Crippen molar-refractivity contribution in [1.29, 1.82) is 0 Å². The molecule has 0 spiro atoms. The van der Waals surface area contributed by atoms with Crippen LogP contribution in [-0.2, 0) is 13.2 Å². The van der Waals surface area contributed by atoms with Crippen LogP contribution in [-0.4, -0.2) is 15.7 Å². The molecule has 0 saturated heterocycles. The number of fused-ring (bicyclic) bond motifs is 1. The first-order valence-electron chi connectivity index (χ1n) is 9.11. The molecule has 0 aliphatic heterocycles. The Kier molecular flexibility index (Phi) is 4.36. The summed E-state index contributed by atoms with van der Waals surface area (Å²) in [5.41, 5.74) is -0.824. The van der Waals surface area contributed by atoms with Crippen molar-refractivity contribution in [2.75, 3.05) is 0 Å². The van der Waals surface area contributed by atoms with E-state index in [4.69, 9.17) is 0 Å². The number of allylic oxidation sites excluding steroid dienone is 4. The number of halogens is 3. The van der Waals surface area contributed by atoms with Crippen LogP contribution in [0.3, 0.4) is 0 Å². The average molecular weight is 381 g/mol. The number of nitrogens with one attached hydrogen (secondary N) is 1. The molecule has 3 rings (SSSR count). The lowest BCUT2D eigenvalue weighted by Crippen LogP contribution is -2.40. The molecule has 27 heavy (non-hydrogen) atoms. The zero-order valence-electron chi connectivity index (χ0n) is 16.5. The number of nitrogens with zero attached hydrogens (tertiary/aromatic N) is 2. The maximum Gasteiger partial charge on any atom is 0.435 e. The van der Waals surface area contributed by atoms with Gasteiger partial charge in [-0.1, -0.05) is 39.8 Å². The van der Waals surface area contributed by atoms with Crippen LogP contribution < -0.4 is 5.32 Å². The zero-order valence-corrected chi connectivity index (χ0v) is 16.5. The van der Waals surface area contributed by atoms with Gasteiger partial charge in [0.1, 0.15) is 0 Å². The summed E-state index contributed by atoms with van der Waals surface area (Å²) in [5, 5.41) is 6.30. The molecule has 0 radical (unpaired) electrons. The Morgan fingerprint density at radius 2 is 1.96 bits per heavy atom. The number of carbonyl (C=O) groups is 1. The molecule has 3 unspecified atom stereocenters. The summed E-state index contributed by atoms with van der Waals surface area (Å²) in [6.45, 7) is 10.2. The number of rotatable bonds is 2. The molecule has 1 saturated carbocycles. The van der Waals surface area contributed by atoms with Gasteiger partial charge in [-0.15, -0.1) is 0 Å². The van der Waals surface area contributed by atoms with Crippen molar-refractivity contribution in [2.45, 2.75) is 47.2 Å². The van der Waals surface area contributed by atoms with Crippen LogP contribution in [0.1, 0.15) is 55.9 Å². The Bertz CT molecular complexity index is 847. The maximum absolute atomic E-state index is 13.3. The van der Waals surface area contributed by atoms with Crippen LogP contribution in [0.15, 0.2) is 23.9 Å². The van der Waals surface area contributed by atoms with Gasteiger partial charge in [-0.3, -0.25) is 9.48 Å². The molecule has 1 heterocycles. The molecule has 1 aromatic heterocycles. The monoisotopic (exact) mass is 381 g/mol. The van der Waals surface area contributed by atoms with E-state index in [-0.39, 0.29) is 22.4 Å². The minimum atomic E-state index is -4.68. The standard InChI is InChI=1S/C20H26F3N3O/c1-11-10-18(3,4)19(5)9-7-8-13(15(11)19)24-17(27)14-12(2)26(6)25-16(14)20(21,22)23/h7-9,11,15H,10H2,1-6H3,(H,24,27). The summed E-state index contributed by atoms with van der Waals surface area (Å²) in [6, 6.07) is 0. The number of alkyl halides is 3. The summed E-state index contributed by atoms with van der Waals surface area (Å²) >= 11 is 0. The Hall–Kier alpha value is -2.05. The van der Waals surface area contributed by atoms with Crippen LogP contribution in [0.25, 0.3) is 0 Å². The second kappa shape index (κ2) is 5.97. The Labute approximate surface area is 157 Å². The van der Waals surface area contributed by atoms with Gasteiger partial charge in [0.25, 0.3) is 5.91 Å². The van der Waals surface area contributed by atoms with Crippen molar-refractivity contribution in [2.24, 2.45) is 29.7 Å². The first-order chi connectivity index (χ1) is 12.3. The van der Waals surface area contributed by atoms with E-state index in [1.807, 2.05) is 6.08 Å². The molecular formula is C20H26F3N3O. The quantitative estimate of drug-likeness (QED) is 0.813. The van der Waals surface area contributed by atoms with Crippen LogP contribution in [0, 0.1) is 29.6 Å². The van der Waals surface area contributed by atoms with Gasteiger partial charge in [0.2, 0.25) is 0 Å². The largest absolute Gasteiger partial charge is 0.435 e. The fourth-order valence-corrected chi connectivity index (χ4v) is 4.96. The molecule has 148 valence electrons. The normalized spacial score (nSPS) is 29.4. The van der Waals surface area contributed by atoms with Gasteiger partial charge in [-0.2, -0.15) is 18.3 Å². The smallest absolute Gasteiger partial charge is 0.325 e. The minimum absolute atomic E-state index is 0.0270. The van der Waals surface area contributed by atoms with E-state index < -0.39 is 23.3 Å². The van der Waals surface area contributed by atoms with Crippen LogP contribution in [0.2, 0.25) is 0 Å². The van der Waals surface area contributed by atoms with Crippen LogP contribution in [0.5, 0.6) is 0 Å². The Morgan fingerprint density at radius 1 is 1.33 bits per heavy atom. The SMILES string of the molecule is Cc1c(C(=O)NC2=CC=CC3(C)C2C(C)CC3(C)C)c(C(F)(F)F)nn1C. The molecule has 1 N–H and O–H groups in total. The van der Waals surface area contributed by atoms with Crippen molar-refractivity contribution in [3.63, 3.8) is 0 Å². The van der Waals surface area contributed by atoms with Gasteiger partial charge >= 0.3 is 6.18 Å². The average Bonchev–Trinajstić information content (AvgIpc) is 2.91. The summed E-state index contributed by atoms with van der Waals surface area (Å²) in [4.78, 5) is 12.8. The van der Waals surface area contributed by atoms with Gasteiger partial charge in [-0.25, -0.2) is 0 Å². The number of aryl methyl sites for hydroxylation is 1. The topological polar surface area (TPSA) is 46.9 Å². The van der Waals surface area contributed by atoms with Crippen LogP contribution in [0.4, 0.5) is 13.2 Å². The molecule has 1 amide bonds. The Balaban J connectivity index is 1.97. The number of hydrogen-bond acceptors (Lipinski definition) is 2. The first kappa shape index (κ1) is 19.7. The number of hydrogen-bond donors (Lipinski definition) is 1. The highest BCUT2D eigenvalue weighted by Gasteiger charge is 2.56. The lowest BCUT2D eigenvalue weighted by molar-refractivity contribution is -0.141. The molecule has 7 heteroatoms. The molecule has 0 aromatic carbocycles. The van der Waals surface area contributed by atoms with Gasteiger partial charge in [-0.05, 0) is 36.2 Å². The highest BCUT2D eigenvalue weighted by Crippen LogP contribution is 2.62. The lowest BCUT2D eigenvalue weighted by Gasteiger charge is -2.43. The summed E-state index contributed by atoms with van der Waals surface area (Å²) in [5.74, 6) is -0.403. The predicted octanol–water partition coefficient (Wildman–Crippen LogP) is 4.62. The van der Waals surface area contributed by atoms with Gasteiger partial charge in [0, 0.05) is 24.4 Å². The summed E-state index contributed by atoms with van der Waals surface area (Å²) in [6.07, 6.45) is 2.16. The third-order valence-electron chi connectivity index (χ3n) is 6.65. The third-order valence-corrected chi connectivity index (χ3v) is 6.65. The van der Waals surface area contributed by atoms with E-state index in [9.17, 15) is 18.0 Å². The number of amides is 1. The number of aromatic nitrogens is 2. The van der Waals surface area contributed by atoms with Crippen molar-refractivity contribution >= 4 is 5.91 Å². The van der Waals surface area contributed by atoms with Gasteiger partial charge in [0.15, 0.2) is 5.69 Å². The summed E-state index contributed by atoms with van der Waals surface area (Å²) in [7, 11) is 1.41. The molecule has 1 aromatic rings. The van der Waals surface area contributed by atoms with Gasteiger partial charge < -0.3 is 5.32 Å². The fraction of sp³-hybridized carbons (Fsp3) is 0.600. The molecule has 2 aliphatic carbocycles. The van der Waals surface area contributed by atoms with Crippen molar-refractivity contribution < 1.29 is 18.0 Å². The van der Waals surface area contributed by atoms with Crippen molar-refractivity contribution in [3.8, 4) is 0 Å². The highest BCUT2D eigenvalue weighted by atomic mass is 19.4. The molecule has 4 nitrogen and oxygen atoms in total. The van der Waals surface area contributed by atoms with E-state index in [1.165, 1.54) is 14.0 Å². The minimum Gasteiger partial charge on any atom is -0.325 e. The fourth-order valence-electron chi connectivity index (χ4n) is 4.96. The van der Waals surface area contributed by atoms with E-state index in [0.717, 1.165) is 11.1 Å². The summed E-state index contributed by atoms with van der Waals surface area (Å²) < 4.78 is 41.1. The van der Waals surface area contributed by atoms with Gasteiger partial charge in [0.05, 0.1) is 5.56 Å². The zero-order chi connectivity index (χ0) is 20.4. The number of carbonyl (C=O) groups excluding carboxylic acids is 1. The second-order valence-electron chi connectivity index (χ2n) is 8.69. The third kappa shape index (κ3) is 2.91. The van der Waals surface area contributed by atoms with E-state index >= 15 is 0 Å². The first-order valence-corrected chi connectivity index (χ1v) is 9.11. The lowest BCUT2D eigenvalue weighted by atomic mass is 9.63. The molecule has 2 aliphatic rings. The highest BCUT2D eigenvalue weighted by molar-refractivity contribution is 5.97. The van der Waals surface area contributed by atoms with Crippen molar-refractivity contribution in [1.82, 2.24) is 15.1 Å². The maximum atomic E-state index is 13.3. The molecular weight excluding hydrogens is 355 g/mol.